The number of aryl methyl sites for hydroxylation is 1. The molecule has 2 aliphatic heterocycles. The summed E-state index contributed by atoms with van der Waals surface area (Å²) >= 11 is 6.41. The van der Waals surface area contributed by atoms with Crippen molar-refractivity contribution in [2.45, 2.75) is 31.6 Å². The zero-order valence-corrected chi connectivity index (χ0v) is 20.6. The van der Waals surface area contributed by atoms with Gasteiger partial charge in [0.05, 0.1) is 16.8 Å². The van der Waals surface area contributed by atoms with Crippen molar-refractivity contribution in [2.75, 3.05) is 23.8 Å². The van der Waals surface area contributed by atoms with Gasteiger partial charge in [0, 0.05) is 48.0 Å². The first kappa shape index (κ1) is 23.4. The number of carbonyl (C=O) groups excluding carboxylic acids is 3. The molecule has 37 heavy (non-hydrogen) atoms. The van der Waals surface area contributed by atoms with E-state index in [9.17, 15) is 14.4 Å². The lowest BCUT2D eigenvalue weighted by atomic mass is 9.76. The number of anilines is 2. The third kappa shape index (κ3) is 3.80. The monoisotopic (exact) mass is 519 g/mol. The number of pyridine rings is 1. The highest BCUT2D eigenvalue weighted by atomic mass is 35.5. The van der Waals surface area contributed by atoms with E-state index in [1.54, 1.807) is 25.3 Å². The van der Waals surface area contributed by atoms with Crippen LogP contribution in [0.5, 0.6) is 0 Å². The van der Waals surface area contributed by atoms with Crippen LogP contribution in [0.4, 0.5) is 11.5 Å². The molecular weight excluding hydrogens is 498 g/mol. The number of nitrogens with zero attached hydrogens (tertiary/aromatic N) is 2. The van der Waals surface area contributed by atoms with E-state index in [1.807, 2.05) is 12.1 Å². The molecule has 1 spiro atoms. The average Bonchev–Trinajstić information content (AvgIpc) is 3.40. The molecule has 3 aromatic rings. The van der Waals surface area contributed by atoms with Gasteiger partial charge < -0.3 is 25.2 Å². The second kappa shape index (κ2) is 8.82. The summed E-state index contributed by atoms with van der Waals surface area (Å²) in [5.41, 5.74) is 3.70. The van der Waals surface area contributed by atoms with Gasteiger partial charge in [-0.1, -0.05) is 28.9 Å². The summed E-state index contributed by atoms with van der Waals surface area (Å²) in [6.45, 7) is 2.63. The molecule has 1 aliphatic carbocycles. The van der Waals surface area contributed by atoms with E-state index < -0.39 is 17.2 Å². The maximum atomic E-state index is 13.5. The largest absolute Gasteiger partial charge is 0.381 e. The van der Waals surface area contributed by atoms with Gasteiger partial charge in [-0.3, -0.25) is 14.4 Å². The van der Waals surface area contributed by atoms with E-state index in [0.717, 1.165) is 11.1 Å². The minimum Gasteiger partial charge on any atom is -0.381 e. The number of fused-ring (bicyclic) bond motifs is 3. The molecular formula is C26H22ClN5O5. The topological polar surface area (TPSA) is 135 Å². The first-order chi connectivity index (χ1) is 17.9. The van der Waals surface area contributed by atoms with E-state index in [2.05, 4.69) is 26.1 Å². The van der Waals surface area contributed by atoms with E-state index in [-0.39, 0.29) is 23.0 Å². The molecule has 1 aromatic carbocycles. The number of allylic oxidation sites excluding steroid dienone is 1. The first-order valence-corrected chi connectivity index (χ1v) is 12.2. The van der Waals surface area contributed by atoms with E-state index in [1.165, 1.54) is 6.26 Å². The molecule has 4 heterocycles. The van der Waals surface area contributed by atoms with Crippen LogP contribution >= 0.6 is 11.6 Å². The van der Waals surface area contributed by atoms with Crippen LogP contribution in [0.15, 0.2) is 46.9 Å². The summed E-state index contributed by atoms with van der Waals surface area (Å²) in [4.78, 5) is 43.7. The maximum Gasteiger partial charge on any atom is 0.273 e. The predicted octanol–water partition coefficient (Wildman–Crippen LogP) is 3.37. The number of amides is 3. The standard InChI is InChI=1S/C26H22ClN5O5/c1-13-16(12-37-32-13)23(33)31-22(15-9-14-3-2-4-18(27)21(14)15)24(34)30-20-10-19-17(11-28-20)26(25(35)29-19)5-7-36-8-6-26/h2-4,10-12H,5-9H2,1H3,(H,29,35)(H,31,33)(H,28,30,34). The van der Waals surface area contributed by atoms with Crippen LogP contribution in [-0.4, -0.2) is 41.1 Å². The lowest BCUT2D eigenvalue weighted by Crippen LogP contribution is -2.40. The van der Waals surface area contributed by atoms with Gasteiger partial charge in [0.15, 0.2) is 0 Å². The fourth-order valence-electron chi connectivity index (χ4n) is 5.17. The Morgan fingerprint density at radius 3 is 2.76 bits per heavy atom. The predicted molar refractivity (Wildman–Crippen MR) is 134 cm³/mol. The van der Waals surface area contributed by atoms with Crippen molar-refractivity contribution in [3.63, 3.8) is 0 Å². The third-order valence-electron chi connectivity index (χ3n) is 7.22. The molecule has 0 saturated carbocycles. The van der Waals surface area contributed by atoms with Crippen molar-refractivity contribution in [1.82, 2.24) is 15.5 Å². The zero-order chi connectivity index (χ0) is 25.7. The molecule has 10 nitrogen and oxygen atoms in total. The minimum atomic E-state index is -0.660. The van der Waals surface area contributed by atoms with Crippen LogP contribution in [0.3, 0.4) is 0 Å². The molecule has 2 aromatic heterocycles. The average molecular weight is 520 g/mol. The lowest BCUT2D eigenvalue weighted by molar-refractivity contribution is -0.124. The van der Waals surface area contributed by atoms with Gasteiger partial charge in [0.2, 0.25) is 5.91 Å². The molecule has 0 atom stereocenters. The SMILES string of the molecule is Cc1nocc1C(=O)NC(C(=O)Nc1cc2c(cn1)C1(CCOCC1)C(=O)N2)=C1Cc2cccc(Cl)c21. The molecule has 11 heteroatoms. The Morgan fingerprint density at radius 1 is 1.22 bits per heavy atom. The molecule has 1 fully saturated rings. The van der Waals surface area contributed by atoms with E-state index in [4.69, 9.17) is 20.9 Å². The Balaban J connectivity index is 1.32. The normalized spacial score (nSPS) is 18.4. The minimum absolute atomic E-state index is 0.0541. The Bertz CT molecular complexity index is 1490. The smallest absolute Gasteiger partial charge is 0.273 e. The highest BCUT2D eigenvalue weighted by molar-refractivity contribution is 6.33. The van der Waals surface area contributed by atoms with Crippen LogP contribution < -0.4 is 16.0 Å². The number of ether oxygens (including phenoxy) is 1. The lowest BCUT2D eigenvalue weighted by Gasteiger charge is -2.31. The molecule has 3 N–H and O–H groups in total. The van der Waals surface area contributed by atoms with Gasteiger partial charge >= 0.3 is 0 Å². The molecule has 0 unspecified atom stereocenters. The molecule has 3 amide bonds. The molecule has 6 rings (SSSR count). The Morgan fingerprint density at radius 2 is 2.03 bits per heavy atom. The fraction of sp³-hybridized carbons (Fsp3) is 0.269. The maximum absolute atomic E-state index is 13.5. The van der Waals surface area contributed by atoms with Crippen LogP contribution in [0.1, 0.15) is 45.6 Å². The summed E-state index contributed by atoms with van der Waals surface area (Å²) in [6, 6.07) is 7.12. The van der Waals surface area contributed by atoms with E-state index in [0.29, 0.717) is 60.0 Å². The zero-order valence-electron chi connectivity index (χ0n) is 19.8. The number of hydrogen-bond donors (Lipinski definition) is 3. The van der Waals surface area contributed by atoms with Gasteiger partial charge in [0.25, 0.3) is 11.8 Å². The summed E-state index contributed by atoms with van der Waals surface area (Å²) in [5, 5.41) is 12.6. The van der Waals surface area contributed by atoms with Crippen LogP contribution in [-0.2, 0) is 26.2 Å². The van der Waals surface area contributed by atoms with E-state index >= 15 is 0 Å². The number of nitrogens with one attached hydrogen (secondary N) is 3. The van der Waals surface area contributed by atoms with Gasteiger partial charge in [-0.15, -0.1) is 0 Å². The molecule has 3 aliphatic rings. The molecule has 0 bridgehead atoms. The second-order valence-electron chi connectivity index (χ2n) is 9.29. The van der Waals surface area contributed by atoms with Crippen LogP contribution in [0, 0.1) is 6.92 Å². The highest BCUT2D eigenvalue weighted by Gasteiger charge is 2.48. The van der Waals surface area contributed by atoms with Gasteiger partial charge in [-0.05, 0) is 37.0 Å². The number of halogens is 1. The first-order valence-electron chi connectivity index (χ1n) is 11.8. The van der Waals surface area contributed by atoms with Gasteiger partial charge in [0.1, 0.15) is 23.3 Å². The summed E-state index contributed by atoms with van der Waals surface area (Å²) in [6.07, 6.45) is 4.45. The van der Waals surface area contributed by atoms with Crippen molar-refractivity contribution in [3.05, 3.63) is 75.4 Å². The van der Waals surface area contributed by atoms with Crippen molar-refractivity contribution >= 4 is 46.4 Å². The third-order valence-corrected chi connectivity index (χ3v) is 7.54. The fourth-order valence-corrected chi connectivity index (χ4v) is 5.48. The van der Waals surface area contributed by atoms with Gasteiger partial charge in [-0.2, -0.15) is 0 Å². The number of carbonyl (C=O) groups is 3. The quantitative estimate of drug-likeness (QED) is 0.450. The van der Waals surface area contributed by atoms with Crippen molar-refractivity contribution in [1.29, 1.82) is 0 Å². The Labute approximate surface area is 216 Å². The van der Waals surface area contributed by atoms with Crippen molar-refractivity contribution < 1.29 is 23.6 Å². The van der Waals surface area contributed by atoms with Crippen molar-refractivity contribution in [2.24, 2.45) is 0 Å². The number of rotatable bonds is 4. The summed E-state index contributed by atoms with van der Waals surface area (Å²) in [7, 11) is 0. The summed E-state index contributed by atoms with van der Waals surface area (Å²) in [5.74, 6) is -0.954. The number of aromatic nitrogens is 2. The van der Waals surface area contributed by atoms with Crippen LogP contribution in [0.25, 0.3) is 5.57 Å². The second-order valence-corrected chi connectivity index (χ2v) is 9.70. The van der Waals surface area contributed by atoms with Gasteiger partial charge in [-0.25, -0.2) is 4.98 Å². The number of benzene rings is 1. The Hall–Kier alpha value is -4.02. The molecule has 0 radical (unpaired) electrons. The Kier molecular flexibility index (Phi) is 5.58. The number of hydrogen-bond acceptors (Lipinski definition) is 7. The van der Waals surface area contributed by atoms with Crippen LogP contribution in [0.2, 0.25) is 5.02 Å². The summed E-state index contributed by atoms with van der Waals surface area (Å²) < 4.78 is 10.3. The van der Waals surface area contributed by atoms with Crippen molar-refractivity contribution in [3.8, 4) is 0 Å². The highest BCUT2D eigenvalue weighted by Crippen LogP contribution is 2.45. The molecule has 188 valence electrons. The molecule has 1 saturated heterocycles.